The molecule has 2 aromatic rings. The van der Waals surface area contributed by atoms with Crippen LogP contribution >= 0.6 is 0 Å². The molecular formula is C24H24F2N2O5. The average Bonchev–Trinajstić information content (AvgIpc) is 3.14. The van der Waals surface area contributed by atoms with Crippen LogP contribution in [0.25, 0.3) is 0 Å². The Hall–Kier alpha value is -3.49. The minimum absolute atomic E-state index is 0.0555. The molecule has 1 heterocycles. The molecule has 33 heavy (non-hydrogen) atoms. The lowest BCUT2D eigenvalue weighted by molar-refractivity contribution is -0.0886. The van der Waals surface area contributed by atoms with E-state index in [9.17, 15) is 23.2 Å². The van der Waals surface area contributed by atoms with Crippen LogP contribution in [-0.2, 0) is 22.6 Å². The monoisotopic (exact) mass is 458 g/mol. The molecule has 1 aliphatic heterocycles. The first-order chi connectivity index (χ1) is 15.8. The van der Waals surface area contributed by atoms with E-state index in [2.05, 4.69) is 5.32 Å². The zero-order valence-corrected chi connectivity index (χ0v) is 18.1. The van der Waals surface area contributed by atoms with E-state index >= 15 is 0 Å². The highest BCUT2D eigenvalue weighted by Gasteiger charge is 2.52. The lowest BCUT2D eigenvalue weighted by Gasteiger charge is -2.42. The molecule has 0 saturated heterocycles. The molecule has 2 amide bonds. The van der Waals surface area contributed by atoms with E-state index in [0.717, 1.165) is 5.56 Å². The van der Waals surface area contributed by atoms with E-state index in [1.165, 1.54) is 24.1 Å². The number of hydrogen-bond acceptors (Lipinski definition) is 5. The number of nitrogens with zero attached hydrogens (tertiary/aromatic N) is 1. The highest BCUT2D eigenvalue weighted by molar-refractivity contribution is 6.01. The van der Waals surface area contributed by atoms with Crippen LogP contribution in [0.2, 0.25) is 0 Å². The number of hydrogen-bond donors (Lipinski definition) is 1. The van der Waals surface area contributed by atoms with Gasteiger partial charge >= 0.3 is 12.1 Å². The first-order valence-corrected chi connectivity index (χ1v) is 10.7. The van der Waals surface area contributed by atoms with Gasteiger partial charge in [0.2, 0.25) is 0 Å². The van der Waals surface area contributed by atoms with Gasteiger partial charge in [-0.2, -0.15) is 0 Å². The van der Waals surface area contributed by atoms with E-state index in [-0.39, 0.29) is 30.7 Å². The number of methoxy groups -OCH3 is 1. The van der Waals surface area contributed by atoms with Crippen LogP contribution in [0.3, 0.4) is 0 Å². The number of amides is 2. The quantitative estimate of drug-likeness (QED) is 0.687. The van der Waals surface area contributed by atoms with Crippen LogP contribution in [-0.4, -0.2) is 48.0 Å². The Bertz CT molecular complexity index is 1060. The Morgan fingerprint density at radius 1 is 1.18 bits per heavy atom. The summed E-state index contributed by atoms with van der Waals surface area (Å²) in [5, 5.41) is 2.31. The van der Waals surface area contributed by atoms with Crippen molar-refractivity contribution in [2.24, 2.45) is 0 Å². The number of alkyl carbamates (subject to hydrolysis) is 1. The maximum absolute atomic E-state index is 14.9. The first-order valence-electron chi connectivity index (χ1n) is 10.7. The van der Waals surface area contributed by atoms with Crippen molar-refractivity contribution in [1.29, 1.82) is 0 Å². The van der Waals surface area contributed by atoms with Crippen molar-refractivity contribution in [3.63, 3.8) is 0 Å². The molecule has 9 heteroatoms. The SMILES string of the molecule is COC(=O)c1ccc2c(c1)C(=O)N([C@@H]1CCCC(F)(F)[C@@H]1NC(=O)OCc1ccccc1)C2. The molecule has 1 fully saturated rings. The molecule has 0 radical (unpaired) electrons. The van der Waals surface area contributed by atoms with Crippen LogP contribution in [0.1, 0.15) is 51.1 Å². The molecule has 2 aliphatic rings. The van der Waals surface area contributed by atoms with Crippen molar-refractivity contribution in [2.45, 2.75) is 50.4 Å². The van der Waals surface area contributed by atoms with Crippen molar-refractivity contribution in [3.8, 4) is 0 Å². The zero-order valence-electron chi connectivity index (χ0n) is 18.1. The second-order valence-corrected chi connectivity index (χ2v) is 8.20. The molecule has 2 atom stereocenters. The summed E-state index contributed by atoms with van der Waals surface area (Å²) >= 11 is 0. The Balaban J connectivity index is 1.50. The van der Waals surface area contributed by atoms with Crippen LogP contribution in [0.4, 0.5) is 13.6 Å². The van der Waals surface area contributed by atoms with E-state index in [0.29, 0.717) is 12.0 Å². The summed E-state index contributed by atoms with van der Waals surface area (Å²) in [6.45, 7) is 0.0631. The van der Waals surface area contributed by atoms with Crippen LogP contribution in [0, 0.1) is 0 Å². The van der Waals surface area contributed by atoms with Gasteiger partial charge in [0.05, 0.1) is 18.7 Å². The lowest BCUT2D eigenvalue weighted by Crippen LogP contribution is -2.62. The molecule has 4 rings (SSSR count). The van der Waals surface area contributed by atoms with Gasteiger partial charge in [-0.3, -0.25) is 4.79 Å². The number of nitrogens with one attached hydrogen (secondary N) is 1. The van der Waals surface area contributed by atoms with Gasteiger partial charge in [-0.15, -0.1) is 0 Å². The predicted molar refractivity (Wildman–Crippen MR) is 114 cm³/mol. The van der Waals surface area contributed by atoms with Gasteiger partial charge in [0.15, 0.2) is 0 Å². The molecule has 0 unspecified atom stereocenters. The van der Waals surface area contributed by atoms with Gasteiger partial charge in [0.25, 0.3) is 11.8 Å². The van der Waals surface area contributed by atoms with Crippen LogP contribution in [0.5, 0.6) is 0 Å². The third-order valence-corrected chi connectivity index (χ3v) is 6.10. The number of benzene rings is 2. The van der Waals surface area contributed by atoms with Gasteiger partial charge in [0, 0.05) is 18.5 Å². The van der Waals surface area contributed by atoms with Crippen molar-refractivity contribution < 1.29 is 32.6 Å². The highest BCUT2D eigenvalue weighted by atomic mass is 19.3. The molecule has 0 spiro atoms. The third kappa shape index (κ3) is 4.67. The summed E-state index contributed by atoms with van der Waals surface area (Å²) in [6, 6.07) is 11.0. The number of carbonyl (C=O) groups excluding carboxylic acids is 3. The second-order valence-electron chi connectivity index (χ2n) is 8.20. The standard InChI is InChI=1S/C24H24F2N2O5/c1-32-22(30)16-9-10-17-13-28(21(29)18(17)12-16)19-8-5-11-24(25,26)20(19)27-23(31)33-14-15-6-3-2-4-7-15/h2-4,6-7,9-10,12,19-20H,5,8,11,13-14H2,1H3,(H,27,31)/t19-,20-/m1/s1. The van der Waals surface area contributed by atoms with Gasteiger partial charge < -0.3 is 19.7 Å². The summed E-state index contributed by atoms with van der Waals surface area (Å²) in [7, 11) is 1.24. The Kier molecular flexibility index (Phi) is 6.31. The molecule has 1 saturated carbocycles. The molecule has 174 valence electrons. The molecule has 1 N–H and O–H groups in total. The third-order valence-electron chi connectivity index (χ3n) is 6.10. The van der Waals surface area contributed by atoms with Gasteiger partial charge in [-0.05, 0) is 36.1 Å². The number of fused-ring (bicyclic) bond motifs is 1. The number of alkyl halides is 2. The minimum Gasteiger partial charge on any atom is -0.465 e. The predicted octanol–water partition coefficient (Wildman–Crippen LogP) is 3.91. The first kappa shape index (κ1) is 22.7. The van der Waals surface area contributed by atoms with E-state index in [1.54, 1.807) is 30.3 Å². The van der Waals surface area contributed by atoms with E-state index in [4.69, 9.17) is 9.47 Å². The smallest absolute Gasteiger partial charge is 0.407 e. The maximum atomic E-state index is 14.9. The Morgan fingerprint density at radius 2 is 1.94 bits per heavy atom. The Labute approximate surface area is 189 Å². The molecule has 2 aromatic carbocycles. The molecule has 0 bridgehead atoms. The molecule has 0 aromatic heterocycles. The van der Waals surface area contributed by atoms with Crippen molar-refractivity contribution in [2.75, 3.05) is 7.11 Å². The Morgan fingerprint density at radius 3 is 2.67 bits per heavy atom. The number of rotatable bonds is 5. The summed E-state index contributed by atoms with van der Waals surface area (Å²) in [5.41, 5.74) is 1.84. The number of esters is 1. The minimum atomic E-state index is -3.21. The van der Waals surface area contributed by atoms with Gasteiger partial charge in [-0.1, -0.05) is 36.4 Å². The maximum Gasteiger partial charge on any atom is 0.407 e. The average molecular weight is 458 g/mol. The fourth-order valence-corrected chi connectivity index (χ4v) is 4.42. The highest BCUT2D eigenvalue weighted by Crippen LogP contribution is 2.39. The summed E-state index contributed by atoms with van der Waals surface area (Å²) in [6.07, 6.45) is -0.840. The molecular weight excluding hydrogens is 434 g/mol. The number of halogens is 2. The normalized spacial score (nSPS) is 21.3. The fourth-order valence-electron chi connectivity index (χ4n) is 4.42. The van der Waals surface area contributed by atoms with Crippen LogP contribution < -0.4 is 5.32 Å². The zero-order chi connectivity index (χ0) is 23.6. The largest absolute Gasteiger partial charge is 0.465 e. The topological polar surface area (TPSA) is 84.9 Å². The van der Waals surface area contributed by atoms with Crippen molar-refractivity contribution >= 4 is 18.0 Å². The summed E-state index contributed by atoms with van der Waals surface area (Å²) < 4.78 is 39.6. The van der Waals surface area contributed by atoms with Gasteiger partial charge in [-0.25, -0.2) is 18.4 Å². The van der Waals surface area contributed by atoms with Crippen molar-refractivity contribution in [1.82, 2.24) is 10.2 Å². The van der Waals surface area contributed by atoms with Crippen LogP contribution in [0.15, 0.2) is 48.5 Å². The second kappa shape index (κ2) is 9.17. The number of carbonyl (C=O) groups is 3. The molecule has 1 aliphatic carbocycles. The molecule has 7 nitrogen and oxygen atoms in total. The van der Waals surface area contributed by atoms with Gasteiger partial charge in [0.1, 0.15) is 12.6 Å². The van der Waals surface area contributed by atoms with Crippen molar-refractivity contribution in [3.05, 3.63) is 70.8 Å². The summed E-state index contributed by atoms with van der Waals surface area (Å²) in [4.78, 5) is 38.6. The van der Waals surface area contributed by atoms with E-state index < -0.39 is 42.4 Å². The fraction of sp³-hybridized carbons (Fsp3) is 0.375. The lowest BCUT2D eigenvalue weighted by atomic mass is 9.86. The van der Waals surface area contributed by atoms with E-state index in [1.807, 2.05) is 6.07 Å². The summed E-state index contributed by atoms with van der Waals surface area (Å²) in [5.74, 6) is -4.25. The number of ether oxygens (including phenoxy) is 2.